The van der Waals surface area contributed by atoms with Crippen molar-refractivity contribution in [1.82, 2.24) is 9.88 Å². The van der Waals surface area contributed by atoms with Crippen molar-refractivity contribution in [3.8, 4) is 6.07 Å². The Morgan fingerprint density at radius 1 is 1.67 bits per heavy atom. The predicted octanol–water partition coefficient (Wildman–Crippen LogP) is 2.34. The van der Waals surface area contributed by atoms with Gasteiger partial charge in [0, 0.05) is 25.9 Å². The number of amides is 1. The normalized spacial score (nSPS) is 17.4. The number of hydrogen-bond donors (Lipinski definition) is 0. The molecule has 1 atom stereocenters. The van der Waals surface area contributed by atoms with Gasteiger partial charge in [-0.25, -0.2) is 4.98 Å². The van der Waals surface area contributed by atoms with Gasteiger partial charge >= 0.3 is 0 Å². The van der Waals surface area contributed by atoms with Crippen LogP contribution in [0.3, 0.4) is 0 Å². The largest absolute Gasteiger partial charge is 0.376 e. The molecule has 0 saturated carbocycles. The highest BCUT2D eigenvalue weighted by Gasteiger charge is 2.24. The van der Waals surface area contributed by atoms with E-state index in [1.165, 1.54) is 11.8 Å². The van der Waals surface area contributed by atoms with E-state index in [0.29, 0.717) is 25.1 Å². The average molecular weight is 305 g/mol. The Balaban J connectivity index is 2.14. The first-order valence-corrected chi connectivity index (χ1v) is 8.25. The molecule has 0 aromatic carbocycles. The Morgan fingerprint density at radius 2 is 2.52 bits per heavy atom. The summed E-state index contributed by atoms with van der Waals surface area (Å²) in [7, 11) is 0. The second kappa shape index (κ2) is 8.01. The van der Waals surface area contributed by atoms with Crippen LogP contribution in [-0.2, 0) is 4.74 Å². The summed E-state index contributed by atoms with van der Waals surface area (Å²) in [6, 6.07) is 5.66. The lowest BCUT2D eigenvalue weighted by atomic mass is 10.2. The molecule has 1 fully saturated rings. The van der Waals surface area contributed by atoms with Gasteiger partial charge in [0.25, 0.3) is 5.91 Å². The molecule has 0 aliphatic carbocycles. The Hall–Kier alpha value is -1.58. The number of nitrogens with zero attached hydrogens (tertiary/aromatic N) is 3. The van der Waals surface area contributed by atoms with Crippen molar-refractivity contribution in [2.45, 2.75) is 30.4 Å². The molecule has 1 aromatic heterocycles. The monoisotopic (exact) mass is 305 g/mol. The number of pyridine rings is 1. The molecule has 2 heterocycles. The van der Waals surface area contributed by atoms with Crippen LogP contribution in [0.1, 0.15) is 29.6 Å². The summed E-state index contributed by atoms with van der Waals surface area (Å²) in [6.45, 7) is 1.73. The zero-order valence-corrected chi connectivity index (χ0v) is 12.9. The number of ether oxygens (including phenoxy) is 1. The van der Waals surface area contributed by atoms with Crippen LogP contribution in [-0.4, -0.2) is 47.8 Å². The zero-order chi connectivity index (χ0) is 15.1. The first-order valence-electron chi connectivity index (χ1n) is 7.03. The average Bonchev–Trinajstić information content (AvgIpc) is 3.03. The van der Waals surface area contributed by atoms with E-state index in [4.69, 9.17) is 10.00 Å². The van der Waals surface area contributed by atoms with Crippen molar-refractivity contribution in [2.24, 2.45) is 0 Å². The van der Waals surface area contributed by atoms with Gasteiger partial charge in [0.1, 0.15) is 5.03 Å². The third-order valence-electron chi connectivity index (χ3n) is 3.42. The van der Waals surface area contributed by atoms with E-state index in [1.807, 2.05) is 6.26 Å². The first-order chi connectivity index (χ1) is 10.3. The molecule has 0 spiro atoms. The lowest BCUT2D eigenvalue weighted by molar-refractivity contribution is 0.0528. The van der Waals surface area contributed by atoms with Gasteiger partial charge in [0.2, 0.25) is 0 Å². The topological polar surface area (TPSA) is 66.2 Å². The number of aromatic nitrogens is 1. The van der Waals surface area contributed by atoms with E-state index in [0.717, 1.165) is 24.5 Å². The van der Waals surface area contributed by atoms with Crippen LogP contribution in [0.25, 0.3) is 0 Å². The molecular formula is C15H19N3O2S. The number of carbonyl (C=O) groups excluding carboxylic acids is 1. The SMILES string of the molecule is CSc1ncccc1C(=O)N(CCC#N)CC1CCCO1. The van der Waals surface area contributed by atoms with E-state index in [-0.39, 0.29) is 12.0 Å². The summed E-state index contributed by atoms with van der Waals surface area (Å²) in [5.74, 6) is -0.0711. The van der Waals surface area contributed by atoms with Crippen molar-refractivity contribution in [3.05, 3.63) is 23.9 Å². The lowest BCUT2D eigenvalue weighted by Crippen LogP contribution is -2.38. The molecule has 1 saturated heterocycles. The van der Waals surface area contributed by atoms with Crippen molar-refractivity contribution in [3.63, 3.8) is 0 Å². The molecule has 112 valence electrons. The van der Waals surface area contributed by atoms with Crippen molar-refractivity contribution < 1.29 is 9.53 Å². The quantitative estimate of drug-likeness (QED) is 0.755. The minimum atomic E-state index is -0.0711. The van der Waals surface area contributed by atoms with E-state index < -0.39 is 0 Å². The van der Waals surface area contributed by atoms with Gasteiger partial charge in [-0.1, -0.05) is 0 Å². The lowest BCUT2D eigenvalue weighted by Gasteiger charge is -2.25. The minimum Gasteiger partial charge on any atom is -0.376 e. The number of hydrogen-bond acceptors (Lipinski definition) is 5. The molecule has 1 unspecified atom stereocenters. The Morgan fingerprint density at radius 3 is 3.19 bits per heavy atom. The molecule has 1 aromatic rings. The maximum Gasteiger partial charge on any atom is 0.256 e. The smallest absolute Gasteiger partial charge is 0.256 e. The summed E-state index contributed by atoms with van der Waals surface area (Å²) < 4.78 is 5.61. The molecule has 21 heavy (non-hydrogen) atoms. The molecule has 5 nitrogen and oxygen atoms in total. The van der Waals surface area contributed by atoms with Gasteiger partial charge in [0.15, 0.2) is 0 Å². The van der Waals surface area contributed by atoms with Gasteiger partial charge in [0.05, 0.1) is 24.2 Å². The van der Waals surface area contributed by atoms with Gasteiger partial charge in [-0.15, -0.1) is 11.8 Å². The minimum absolute atomic E-state index is 0.0711. The highest BCUT2D eigenvalue weighted by atomic mass is 32.2. The molecule has 1 aliphatic rings. The molecule has 1 aliphatic heterocycles. The van der Waals surface area contributed by atoms with E-state index in [1.54, 1.807) is 23.2 Å². The summed E-state index contributed by atoms with van der Waals surface area (Å²) >= 11 is 1.45. The first kappa shape index (κ1) is 15.8. The standard InChI is InChI=1S/C15H19N3O2S/c1-21-14-13(6-2-8-17-14)15(19)18(9-4-7-16)11-12-5-3-10-20-12/h2,6,8,12H,3-5,9-11H2,1H3. The van der Waals surface area contributed by atoms with Crippen LogP contribution >= 0.6 is 11.8 Å². The molecule has 1 amide bonds. The Kier molecular flexibility index (Phi) is 6.03. The number of thioether (sulfide) groups is 1. The van der Waals surface area contributed by atoms with Gasteiger partial charge in [-0.2, -0.15) is 5.26 Å². The molecule has 0 bridgehead atoms. The molecule has 6 heteroatoms. The third kappa shape index (κ3) is 4.19. The highest BCUT2D eigenvalue weighted by Crippen LogP contribution is 2.20. The fraction of sp³-hybridized carbons (Fsp3) is 0.533. The van der Waals surface area contributed by atoms with Crippen molar-refractivity contribution in [1.29, 1.82) is 5.26 Å². The number of carbonyl (C=O) groups is 1. The van der Waals surface area contributed by atoms with Crippen molar-refractivity contribution >= 4 is 17.7 Å². The maximum absolute atomic E-state index is 12.7. The number of rotatable bonds is 6. The molecular weight excluding hydrogens is 286 g/mol. The summed E-state index contributed by atoms with van der Waals surface area (Å²) in [5, 5.41) is 9.51. The summed E-state index contributed by atoms with van der Waals surface area (Å²) in [6.07, 6.45) is 6.00. The van der Waals surface area contributed by atoms with Gasteiger partial charge in [-0.3, -0.25) is 4.79 Å². The third-order valence-corrected chi connectivity index (χ3v) is 4.14. The van der Waals surface area contributed by atoms with Crippen LogP contribution in [0, 0.1) is 11.3 Å². The fourth-order valence-corrected chi connectivity index (χ4v) is 2.92. The fourth-order valence-electron chi connectivity index (χ4n) is 2.38. The number of nitriles is 1. The van der Waals surface area contributed by atoms with Crippen LogP contribution in [0.5, 0.6) is 0 Å². The van der Waals surface area contributed by atoms with Crippen molar-refractivity contribution in [2.75, 3.05) is 26.0 Å². The maximum atomic E-state index is 12.7. The highest BCUT2D eigenvalue weighted by molar-refractivity contribution is 7.98. The van der Waals surface area contributed by atoms with E-state index in [9.17, 15) is 4.79 Å². The van der Waals surface area contributed by atoms with Crippen LogP contribution in [0.4, 0.5) is 0 Å². The molecule has 0 radical (unpaired) electrons. The second-order valence-electron chi connectivity index (χ2n) is 4.85. The van der Waals surface area contributed by atoms with Crippen LogP contribution in [0.2, 0.25) is 0 Å². The second-order valence-corrected chi connectivity index (χ2v) is 5.65. The van der Waals surface area contributed by atoms with Gasteiger partial charge in [-0.05, 0) is 31.2 Å². The van der Waals surface area contributed by atoms with E-state index in [2.05, 4.69) is 11.1 Å². The molecule has 2 rings (SSSR count). The Bertz CT molecular complexity index is 524. The molecule has 0 N–H and O–H groups in total. The van der Waals surface area contributed by atoms with Crippen LogP contribution < -0.4 is 0 Å². The zero-order valence-electron chi connectivity index (χ0n) is 12.1. The van der Waals surface area contributed by atoms with E-state index >= 15 is 0 Å². The predicted molar refractivity (Wildman–Crippen MR) is 81.1 cm³/mol. The summed E-state index contributed by atoms with van der Waals surface area (Å²) in [5.41, 5.74) is 0.598. The Labute approximate surface area is 129 Å². The van der Waals surface area contributed by atoms with Gasteiger partial charge < -0.3 is 9.64 Å². The summed E-state index contributed by atoms with van der Waals surface area (Å²) in [4.78, 5) is 18.7. The van der Waals surface area contributed by atoms with Crippen LogP contribution in [0.15, 0.2) is 23.4 Å².